The molecule has 0 radical (unpaired) electrons. The lowest BCUT2D eigenvalue weighted by atomic mass is 10.2. The monoisotopic (exact) mass is 233 g/mol. The Morgan fingerprint density at radius 3 is 2.71 bits per heavy atom. The number of hydrogen-bond acceptors (Lipinski definition) is 2. The average Bonchev–Trinajstić information content (AvgIpc) is 2.74. The summed E-state index contributed by atoms with van der Waals surface area (Å²) in [5.74, 6) is 0. The zero-order valence-corrected chi connectivity index (χ0v) is 9.86. The molecule has 0 aromatic heterocycles. The van der Waals surface area contributed by atoms with Crippen LogP contribution in [0.15, 0.2) is 30.3 Å². The first-order valence-corrected chi connectivity index (χ1v) is 6.09. The van der Waals surface area contributed by atoms with Gasteiger partial charge in [0.05, 0.1) is 0 Å². The van der Waals surface area contributed by atoms with Gasteiger partial charge in [-0.3, -0.25) is 0 Å². The number of benzene rings is 1. The van der Waals surface area contributed by atoms with Crippen molar-refractivity contribution in [3.63, 3.8) is 0 Å². The van der Waals surface area contributed by atoms with Crippen LogP contribution in [-0.4, -0.2) is 18.1 Å². The lowest BCUT2D eigenvalue weighted by Gasteiger charge is -2.17. The second-order valence-corrected chi connectivity index (χ2v) is 4.51. The molecule has 1 aliphatic rings. The molecule has 1 saturated carbocycles. The van der Waals surface area contributed by atoms with E-state index >= 15 is 0 Å². The topological polar surface area (TPSA) is 67.1 Å². The smallest absolute Gasteiger partial charge is 0.315 e. The Balaban J connectivity index is 1.74. The Kier molecular flexibility index (Phi) is 3.98. The molecule has 0 bridgehead atoms. The average molecular weight is 233 g/mol. The van der Waals surface area contributed by atoms with E-state index in [-0.39, 0.29) is 18.1 Å². The summed E-state index contributed by atoms with van der Waals surface area (Å²) in [6.45, 7) is 0.550. The van der Waals surface area contributed by atoms with Crippen LogP contribution in [-0.2, 0) is 6.54 Å². The number of nitrogens with two attached hydrogens (primary N) is 1. The number of amides is 2. The Morgan fingerprint density at radius 1 is 1.29 bits per heavy atom. The number of urea groups is 1. The summed E-state index contributed by atoms with van der Waals surface area (Å²) in [5.41, 5.74) is 6.99. The van der Waals surface area contributed by atoms with E-state index in [1.54, 1.807) is 0 Å². The Hall–Kier alpha value is -1.55. The van der Waals surface area contributed by atoms with Gasteiger partial charge < -0.3 is 16.4 Å². The van der Waals surface area contributed by atoms with Crippen molar-refractivity contribution < 1.29 is 4.79 Å². The maximum atomic E-state index is 11.6. The zero-order chi connectivity index (χ0) is 12.1. The van der Waals surface area contributed by atoms with Gasteiger partial charge in [-0.2, -0.15) is 0 Å². The lowest BCUT2D eigenvalue weighted by Crippen LogP contribution is -2.47. The highest BCUT2D eigenvalue weighted by molar-refractivity contribution is 5.74. The van der Waals surface area contributed by atoms with Gasteiger partial charge in [0, 0.05) is 18.6 Å². The molecule has 0 spiro atoms. The van der Waals surface area contributed by atoms with Crippen LogP contribution in [0.2, 0.25) is 0 Å². The lowest BCUT2D eigenvalue weighted by molar-refractivity contribution is 0.235. The van der Waals surface area contributed by atoms with E-state index < -0.39 is 0 Å². The van der Waals surface area contributed by atoms with Crippen LogP contribution in [0, 0.1) is 0 Å². The molecule has 92 valence electrons. The highest BCUT2D eigenvalue weighted by Crippen LogP contribution is 2.16. The quantitative estimate of drug-likeness (QED) is 0.738. The summed E-state index contributed by atoms with van der Waals surface area (Å²) < 4.78 is 0. The molecule has 2 atom stereocenters. The van der Waals surface area contributed by atoms with Crippen molar-refractivity contribution in [3.8, 4) is 0 Å². The molecule has 2 rings (SSSR count). The molecular weight excluding hydrogens is 214 g/mol. The summed E-state index contributed by atoms with van der Waals surface area (Å²) in [6, 6.07) is 9.97. The highest BCUT2D eigenvalue weighted by atomic mass is 16.2. The first kappa shape index (κ1) is 11.9. The molecule has 4 heteroatoms. The second kappa shape index (κ2) is 5.68. The van der Waals surface area contributed by atoms with Crippen LogP contribution in [0.3, 0.4) is 0 Å². The first-order chi connectivity index (χ1) is 8.25. The van der Waals surface area contributed by atoms with Crippen molar-refractivity contribution in [3.05, 3.63) is 35.9 Å². The number of carbonyl (C=O) groups excluding carboxylic acids is 1. The van der Waals surface area contributed by atoms with Crippen molar-refractivity contribution in [1.82, 2.24) is 10.6 Å². The fraction of sp³-hybridized carbons (Fsp3) is 0.462. The molecule has 0 heterocycles. The normalized spacial score (nSPS) is 23.4. The zero-order valence-electron chi connectivity index (χ0n) is 9.86. The van der Waals surface area contributed by atoms with E-state index in [1.165, 1.54) is 0 Å². The van der Waals surface area contributed by atoms with Gasteiger partial charge >= 0.3 is 6.03 Å². The van der Waals surface area contributed by atoms with Gasteiger partial charge in [0.15, 0.2) is 0 Å². The Labute approximate surface area is 102 Å². The molecular formula is C13H19N3O. The summed E-state index contributed by atoms with van der Waals surface area (Å²) in [6.07, 6.45) is 3.09. The SMILES string of the molecule is NC1CCCC1NC(=O)NCc1ccccc1. The summed E-state index contributed by atoms with van der Waals surface area (Å²) in [4.78, 5) is 11.6. The number of rotatable bonds is 3. The molecule has 1 aliphatic carbocycles. The van der Waals surface area contributed by atoms with Gasteiger partial charge in [0.25, 0.3) is 0 Å². The van der Waals surface area contributed by atoms with Gasteiger partial charge in [0.2, 0.25) is 0 Å². The van der Waals surface area contributed by atoms with E-state index in [9.17, 15) is 4.79 Å². The first-order valence-electron chi connectivity index (χ1n) is 6.09. The van der Waals surface area contributed by atoms with Gasteiger partial charge in [-0.1, -0.05) is 30.3 Å². The van der Waals surface area contributed by atoms with Gasteiger partial charge in [-0.25, -0.2) is 4.79 Å². The van der Waals surface area contributed by atoms with E-state index in [0.717, 1.165) is 24.8 Å². The number of hydrogen-bond donors (Lipinski definition) is 3. The summed E-state index contributed by atoms with van der Waals surface area (Å²) >= 11 is 0. The highest BCUT2D eigenvalue weighted by Gasteiger charge is 2.24. The van der Waals surface area contributed by atoms with Crippen LogP contribution in [0.25, 0.3) is 0 Å². The largest absolute Gasteiger partial charge is 0.334 e. The molecule has 2 unspecified atom stereocenters. The van der Waals surface area contributed by atoms with Crippen LogP contribution < -0.4 is 16.4 Å². The minimum atomic E-state index is -0.129. The fourth-order valence-electron chi connectivity index (χ4n) is 2.17. The number of nitrogens with one attached hydrogen (secondary N) is 2. The molecule has 4 nitrogen and oxygen atoms in total. The van der Waals surface area contributed by atoms with Crippen molar-refractivity contribution in [2.45, 2.75) is 37.9 Å². The van der Waals surface area contributed by atoms with Crippen LogP contribution in [0.5, 0.6) is 0 Å². The summed E-state index contributed by atoms with van der Waals surface area (Å²) in [7, 11) is 0. The van der Waals surface area contributed by atoms with Crippen molar-refractivity contribution in [1.29, 1.82) is 0 Å². The standard InChI is InChI=1S/C13H19N3O/c14-11-7-4-8-12(11)16-13(17)15-9-10-5-2-1-3-6-10/h1-3,5-6,11-12H,4,7-9,14H2,(H2,15,16,17). The van der Waals surface area contributed by atoms with E-state index in [2.05, 4.69) is 10.6 Å². The van der Waals surface area contributed by atoms with Crippen molar-refractivity contribution >= 4 is 6.03 Å². The van der Waals surface area contributed by atoms with Crippen LogP contribution in [0.1, 0.15) is 24.8 Å². The third-order valence-corrected chi connectivity index (χ3v) is 3.18. The predicted octanol–water partition coefficient (Wildman–Crippen LogP) is 1.37. The minimum Gasteiger partial charge on any atom is -0.334 e. The third-order valence-electron chi connectivity index (χ3n) is 3.18. The molecule has 1 fully saturated rings. The van der Waals surface area contributed by atoms with E-state index in [4.69, 9.17) is 5.73 Å². The van der Waals surface area contributed by atoms with Gasteiger partial charge in [-0.05, 0) is 24.8 Å². The Morgan fingerprint density at radius 2 is 2.06 bits per heavy atom. The van der Waals surface area contributed by atoms with Crippen molar-refractivity contribution in [2.75, 3.05) is 0 Å². The minimum absolute atomic E-state index is 0.109. The van der Waals surface area contributed by atoms with E-state index in [0.29, 0.717) is 6.54 Å². The predicted molar refractivity (Wildman–Crippen MR) is 67.4 cm³/mol. The van der Waals surface area contributed by atoms with Crippen LogP contribution >= 0.6 is 0 Å². The summed E-state index contributed by atoms with van der Waals surface area (Å²) in [5, 5.41) is 5.76. The van der Waals surface area contributed by atoms with Crippen LogP contribution in [0.4, 0.5) is 4.79 Å². The number of carbonyl (C=O) groups is 1. The second-order valence-electron chi connectivity index (χ2n) is 4.51. The molecule has 1 aromatic carbocycles. The molecule has 0 saturated heterocycles. The van der Waals surface area contributed by atoms with Gasteiger partial charge in [0.1, 0.15) is 0 Å². The molecule has 1 aromatic rings. The van der Waals surface area contributed by atoms with Gasteiger partial charge in [-0.15, -0.1) is 0 Å². The van der Waals surface area contributed by atoms with Crippen molar-refractivity contribution in [2.24, 2.45) is 5.73 Å². The fourth-order valence-corrected chi connectivity index (χ4v) is 2.17. The van der Waals surface area contributed by atoms with E-state index in [1.807, 2.05) is 30.3 Å². The Bertz CT molecular complexity index is 366. The maximum absolute atomic E-state index is 11.6. The molecule has 4 N–H and O–H groups in total. The molecule has 17 heavy (non-hydrogen) atoms. The molecule has 0 aliphatic heterocycles. The maximum Gasteiger partial charge on any atom is 0.315 e. The third kappa shape index (κ3) is 3.46. The molecule has 2 amide bonds.